The minimum absolute atomic E-state index is 0.509. The summed E-state index contributed by atoms with van der Waals surface area (Å²) in [5.74, 6) is 0. The Hall–Kier alpha value is 0.960. The van der Waals surface area contributed by atoms with Crippen molar-refractivity contribution in [3.8, 4) is 0 Å². The van der Waals surface area contributed by atoms with Gasteiger partial charge in [0, 0.05) is 0 Å². The van der Waals surface area contributed by atoms with Crippen LogP contribution in [0.3, 0.4) is 0 Å². The Labute approximate surface area is 49.2 Å². The fourth-order valence-electron chi connectivity index (χ4n) is 0. The Morgan fingerprint density at radius 1 is 1.60 bits per heavy atom. The van der Waals surface area contributed by atoms with Crippen LogP contribution in [0.2, 0.25) is 0 Å². The molecular weight excluding hydrogens is 196 g/mol. The molecule has 0 nitrogen and oxygen atoms in total. The van der Waals surface area contributed by atoms with Gasteiger partial charge in [-0.15, -0.1) is 0 Å². The Bertz CT molecular complexity index is 18.9. The molecule has 0 aromatic carbocycles. The molecule has 0 aliphatic rings. The van der Waals surface area contributed by atoms with Gasteiger partial charge in [0.15, 0.2) is 0 Å². The lowest BCUT2D eigenvalue weighted by Crippen LogP contribution is -1.73. The first-order chi connectivity index (χ1) is 2.27. The van der Waals surface area contributed by atoms with E-state index in [9.17, 15) is 0 Å². The van der Waals surface area contributed by atoms with E-state index in [-0.39, 0.29) is 0 Å². The molecule has 0 N–H and O–H groups in total. The van der Waals surface area contributed by atoms with Gasteiger partial charge in [-0.3, -0.25) is 0 Å². The SMILES string of the molecule is CCC(Br)Br. The fourth-order valence-corrected chi connectivity index (χ4v) is 0. The van der Waals surface area contributed by atoms with E-state index in [2.05, 4.69) is 38.8 Å². The van der Waals surface area contributed by atoms with E-state index in [0.29, 0.717) is 3.74 Å². The summed E-state index contributed by atoms with van der Waals surface area (Å²) in [4.78, 5) is 0. The Balaban J connectivity index is 2.54. The minimum Gasteiger partial charge on any atom is -0.0765 e. The van der Waals surface area contributed by atoms with Crippen molar-refractivity contribution in [2.45, 2.75) is 17.1 Å². The lowest BCUT2D eigenvalue weighted by atomic mass is 10.6. The molecule has 0 fully saturated rings. The first kappa shape index (κ1) is 5.96. The minimum atomic E-state index is 0.509. The molecule has 0 saturated carbocycles. The standard InChI is InChI=1S/C3H6Br2/c1-2-3(4)5/h3H,2H2,1H3. The fraction of sp³-hybridized carbons (Fsp3) is 1.00. The maximum Gasteiger partial charge on any atom is 0.0695 e. The molecule has 0 aliphatic heterocycles. The number of hydrogen-bond donors (Lipinski definition) is 0. The Morgan fingerprint density at radius 2 is 1.80 bits per heavy atom. The topological polar surface area (TPSA) is 0 Å². The van der Waals surface area contributed by atoms with Crippen molar-refractivity contribution in [2.24, 2.45) is 0 Å². The first-order valence-corrected chi connectivity index (χ1v) is 3.38. The molecule has 0 saturated heterocycles. The molecule has 0 spiro atoms. The van der Waals surface area contributed by atoms with E-state index in [0.717, 1.165) is 6.42 Å². The summed E-state index contributed by atoms with van der Waals surface area (Å²) < 4.78 is 0.509. The van der Waals surface area contributed by atoms with Crippen LogP contribution < -0.4 is 0 Å². The summed E-state index contributed by atoms with van der Waals surface area (Å²) in [6.45, 7) is 2.11. The summed E-state index contributed by atoms with van der Waals surface area (Å²) in [5, 5.41) is 0. The first-order valence-electron chi connectivity index (χ1n) is 1.55. The zero-order valence-electron chi connectivity index (χ0n) is 3.04. The van der Waals surface area contributed by atoms with Crippen LogP contribution in [-0.2, 0) is 0 Å². The van der Waals surface area contributed by atoms with E-state index in [1.165, 1.54) is 0 Å². The maximum atomic E-state index is 3.29. The van der Waals surface area contributed by atoms with Gasteiger partial charge >= 0.3 is 0 Å². The molecule has 0 rings (SSSR count). The van der Waals surface area contributed by atoms with Crippen molar-refractivity contribution in [2.75, 3.05) is 0 Å². The number of halogens is 2. The second-order valence-electron chi connectivity index (χ2n) is 0.799. The molecule has 2 heteroatoms. The Kier molecular flexibility index (Phi) is 3.77. The van der Waals surface area contributed by atoms with Crippen molar-refractivity contribution in [1.82, 2.24) is 0 Å². The maximum absolute atomic E-state index is 3.29. The molecule has 0 amide bonds. The van der Waals surface area contributed by atoms with Crippen LogP contribution in [0.5, 0.6) is 0 Å². The zero-order valence-corrected chi connectivity index (χ0v) is 6.21. The average Bonchev–Trinajstić information content (AvgIpc) is 1.38. The van der Waals surface area contributed by atoms with Gasteiger partial charge in [0.05, 0.1) is 3.74 Å². The number of hydrogen-bond acceptors (Lipinski definition) is 0. The summed E-state index contributed by atoms with van der Waals surface area (Å²) >= 11 is 6.58. The third-order valence-electron chi connectivity index (χ3n) is 0.309. The largest absolute Gasteiger partial charge is 0.0765 e. The lowest BCUT2D eigenvalue weighted by molar-refractivity contribution is 1.08. The van der Waals surface area contributed by atoms with Crippen LogP contribution in [-0.4, -0.2) is 3.74 Å². The second-order valence-corrected chi connectivity index (χ2v) is 4.24. The van der Waals surface area contributed by atoms with Gasteiger partial charge in [0.25, 0.3) is 0 Å². The van der Waals surface area contributed by atoms with E-state index in [1.807, 2.05) is 0 Å². The third-order valence-corrected chi connectivity index (χ3v) is 1.60. The van der Waals surface area contributed by atoms with Gasteiger partial charge in [0.1, 0.15) is 0 Å². The van der Waals surface area contributed by atoms with Gasteiger partial charge in [-0.25, -0.2) is 0 Å². The molecule has 0 aromatic heterocycles. The number of alkyl halides is 2. The van der Waals surface area contributed by atoms with Crippen LogP contribution in [0.4, 0.5) is 0 Å². The van der Waals surface area contributed by atoms with Gasteiger partial charge in [-0.05, 0) is 6.42 Å². The summed E-state index contributed by atoms with van der Waals surface area (Å²) in [5.41, 5.74) is 0. The van der Waals surface area contributed by atoms with Crippen LogP contribution in [0.25, 0.3) is 0 Å². The summed E-state index contributed by atoms with van der Waals surface area (Å²) in [7, 11) is 0. The van der Waals surface area contributed by atoms with Crippen molar-refractivity contribution in [3.63, 3.8) is 0 Å². The smallest absolute Gasteiger partial charge is 0.0695 e. The average molecular weight is 202 g/mol. The van der Waals surface area contributed by atoms with Crippen molar-refractivity contribution >= 4 is 31.9 Å². The highest BCUT2D eigenvalue weighted by molar-refractivity contribution is 9.24. The Morgan fingerprint density at radius 3 is 1.80 bits per heavy atom. The normalized spacial score (nSPS) is 9.60. The van der Waals surface area contributed by atoms with Crippen LogP contribution in [0.1, 0.15) is 13.3 Å². The van der Waals surface area contributed by atoms with Crippen LogP contribution in [0.15, 0.2) is 0 Å². The monoisotopic (exact) mass is 200 g/mol. The number of rotatable bonds is 1. The molecule has 0 heterocycles. The van der Waals surface area contributed by atoms with E-state index in [1.54, 1.807) is 0 Å². The highest BCUT2D eigenvalue weighted by atomic mass is 79.9. The van der Waals surface area contributed by atoms with E-state index >= 15 is 0 Å². The summed E-state index contributed by atoms with van der Waals surface area (Å²) in [6.07, 6.45) is 1.14. The van der Waals surface area contributed by atoms with Crippen LogP contribution in [0, 0.1) is 0 Å². The van der Waals surface area contributed by atoms with E-state index < -0.39 is 0 Å². The van der Waals surface area contributed by atoms with Gasteiger partial charge in [-0.1, -0.05) is 38.8 Å². The molecule has 0 unspecified atom stereocenters. The third kappa shape index (κ3) is 4.96. The molecule has 5 heavy (non-hydrogen) atoms. The van der Waals surface area contributed by atoms with Crippen molar-refractivity contribution < 1.29 is 0 Å². The summed E-state index contributed by atoms with van der Waals surface area (Å²) in [6, 6.07) is 0. The molecular formula is C3H6Br2. The molecule has 0 aromatic rings. The van der Waals surface area contributed by atoms with Crippen LogP contribution >= 0.6 is 31.9 Å². The molecule has 0 radical (unpaired) electrons. The molecule has 0 atom stereocenters. The van der Waals surface area contributed by atoms with Crippen molar-refractivity contribution in [3.05, 3.63) is 0 Å². The quantitative estimate of drug-likeness (QED) is 0.573. The highest BCUT2D eigenvalue weighted by Gasteiger charge is 1.85. The van der Waals surface area contributed by atoms with E-state index in [4.69, 9.17) is 0 Å². The highest BCUT2D eigenvalue weighted by Crippen LogP contribution is 2.10. The van der Waals surface area contributed by atoms with Gasteiger partial charge in [0.2, 0.25) is 0 Å². The zero-order chi connectivity index (χ0) is 4.28. The molecule has 0 bridgehead atoms. The predicted molar refractivity (Wildman–Crippen MR) is 31.9 cm³/mol. The van der Waals surface area contributed by atoms with Crippen molar-refractivity contribution in [1.29, 1.82) is 0 Å². The predicted octanol–water partition coefficient (Wildman–Crippen LogP) is 2.51. The van der Waals surface area contributed by atoms with Gasteiger partial charge in [-0.2, -0.15) is 0 Å². The lowest BCUT2D eigenvalue weighted by Gasteiger charge is -1.85. The van der Waals surface area contributed by atoms with Gasteiger partial charge < -0.3 is 0 Å². The molecule has 0 aliphatic carbocycles. The second kappa shape index (κ2) is 3.16. The molecule has 32 valence electrons.